The molecule has 0 aliphatic carbocycles. The summed E-state index contributed by atoms with van der Waals surface area (Å²) in [5.41, 5.74) is 2.07. The maximum atomic E-state index is 7.10. The third kappa shape index (κ3) is 3.70. The van der Waals surface area contributed by atoms with Crippen molar-refractivity contribution >= 4 is 12.3 Å². The highest BCUT2D eigenvalue weighted by atomic mass is 14.3. The highest BCUT2D eigenvalue weighted by molar-refractivity contribution is 5.83. The SMILES string of the molecule is C/C=C\c1ccccc1C=N.CC. The third-order valence-corrected chi connectivity index (χ3v) is 1.50. The minimum atomic E-state index is 0.964. The first-order valence-electron chi connectivity index (χ1n) is 4.60. The molecule has 0 saturated heterocycles. The topological polar surface area (TPSA) is 23.9 Å². The molecule has 70 valence electrons. The molecule has 0 bridgehead atoms. The molecule has 0 spiro atoms. The highest BCUT2D eigenvalue weighted by Gasteiger charge is 1.91. The Balaban J connectivity index is 0.000000671. The average Bonchev–Trinajstić information content (AvgIpc) is 2.22. The molecule has 13 heavy (non-hydrogen) atoms. The molecule has 1 aromatic carbocycles. The van der Waals surface area contributed by atoms with E-state index in [0.29, 0.717) is 0 Å². The molecule has 1 heteroatoms. The van der Waals surface area contributed by atoms with Crippen LogP contribution in [0.15, 0.2) is 30.3 Å². The lowest BCUT2D eigenvalue weighted by Gasteiger charge is -1.96. The fraction of sp³-hybridized carbons (Fsp3) is 0.250. The lowest BCUT2D eigenvalue weighted by Crippen LogP contribution is -1.83. The maximum Gasteiger partial charge on any atom is 0.0256 e. The number of hydrogen-bond acceptors (Lipinski definition) is 1. The van der Waals surface area contributed by atoms with Gasteiger partial charge < -0.3 is 5.41 Å². The van der Waals surface area contributed by atoms with Gasteiger partial charge >= 0.3 is 0 Å². The Morgan fingerprint density at radius 2 is 1.62 bits per heavy atom. The first-order chi connectivity index (χ1) is 6.38. The normalized spacial score (nSPS) is 9.15. The third-order valence-electron chi connectivity index (χ3n) is 1.50. The monoisotopic (exact) mass is 175 g/mol. The summed E-state index contributed by atoms with van der Waals surface area (Å²) in [7, 11) is 0. The van der Waals surface area contributed by atoms with Crippen LogP contribution in [0.4, 0.5) is 0 Å². The smallest absolute Gasteiger partial charge is 0.0256 e. The van der Waals surface area contributed by atoms with Gasteiger partial charge in [0.05, 0.1) is 0 Å². The molecule has 0 unspecified atom stereocenters. The summed E-state index contributed by atoms with van der Waals surface area (Å²) >= 11 is 0. The molecule has 0 aromatic heterocycles. The number of nitrogens with one attached hydrogen (secondary N) is 1. The number of rotatable bonds is 2. The van der Waals surface area contributed by atoms with E-state index in [1.165, 1.54) is 6.21 Å². The van der Waals surface area contributed by atoms with Crippen LogP contribution in [0.1, 0.15) is 31.9 Å². The van der Waals surface area contributed by atoms with Crippen molar-refractivity contribution in [3.8, 4) is 0 Å². The summed E-state index contributed by atoms with van der Waals surface area (Å²) in [5, 5.41) is 7.10. The van der Waals surface area contributed by atoms with Gasteiger partial charge in [0.25, 0.3) is 0 Å². The molecular formula is C12H17N. The van der Waals surface area contributed by atoms with E-state index in [4.69, 9.17) is 5.41 Å². The summed E-state index contributed by atoms with van der Waals surface area (Å²) in [6.07, 6.45) is 5.35. The quantitative estimate of drug-likeness (QED) is 0.662. The van der Waals surface area contributed by atoms with Crippen LogP contribution in [-0.4, -0.2) is 6.21 Å². The predicted molar refractivity (Wildman–Crippen MR) is 60.4 cm³/mol. The largest absolute Gasteiger partial charge is 0.308 e. The zero-order valence-electron chi connectivity index (χ0n) is 8.54. The molecule has 1 aromatic rings. The van der Waals surface area contributed by atoms with Crippen LogP contribution in [0.25, 0.3) is 6.08 Å². The summed E-state index contributed by atoms with van der Waals surface area (Å²) in [5.74, 6) is 0. The van der Waals surface area contributed by atoms with Crippen molar-refractivity contribution in [3.63, 3.8) is 0 Å². The van der Waals surface area contributed by atoms with Gasteiger partial charge in [0.1, 0.15) is 0 Å². The molecule has 0 atom stereocenters. The van der Waals surface area contributed by atoms with Crippen LogP contribution in [0.5, 0.6) is 0 Å². The van der Waals surface area contributed by atoms with Gasteiger partial charge in [-0.2, -0.15) is 0 Å². The minimum Gasteiger partial charge on any atom is -0.308 e. The maximum absolute atomic E-state index is 7.10. The van der Waals surface area contributed by atoms with Crippen molar-refractivity contribution in [3.05, 3.63) is 41.5 Å². The molecule has 0 aliphatic rings. The Bertz CT molecular complexity index is 274. The summed E-state index contributed by atoms with van der Waals surface area (Å²) < 4.78 is 0. The van der Waals surface area contributed by atoms with Gasteiger partial charge in [0.15, 0.2) is 0 Å². The molecule has 1 rings (SSSR count). The van der Waals surface area contributed by atoms with E-state index < -0.39 is 0 Å². The molecule has 0 saturated carbocycles. The van der Waals surface area contributed by atoms with E-state index in [1.807, 2.05) is 57.2 Å². The van der Waals surface area contributed by atoms with Crippen molar-refractivity contribution in [1.29, 1.82) is 5.41 Å². The Labute approximate surface area is 80.6 Å². The zero-order chi connectivity index (χ0) is 10.1. The van der Waals surface area contributed by atoms with E-state index in [2.05, 4.69) is 0 Å². The van der Waals surface area contributed by atoms with Crippen molar-refractivity contribution in [1.82, 2.24) is 0 Å². The Morgan fingerprint density at radius 3 is 2.08 bits per heavy atom. The molecular weight excluding hydrogens is 158 g/mol. The van der Waals surface area contributed by atoms with Gasteiger partial charge in [-0.3, -0.25) is 0 Å². The Kier molecular flexibility index (Phi) is 6.52. The summed E-state index contributed by atoms with van der Waals surface area (Å²) in [6, 6.07) is 7.85. The van der Waals surface area contributed by atoms with Gasteiger partial charge in [-0.05, 0) is 18.1 Å². The van der Waals surface area contributed by atoms with Crippen LogP contribution in [-0.2, 0) is 0 Å². The fourth-order valence-electron chi connectivity index (χ4n) is 0.974. The van der Waals surface area contributed by atoms with Gasteiger partial charge in [-0.1, -0.05) is 50.3 Å². The van der Waals surface area contributed by atoms with E-state index >= 15 is 0 Å². The standard InChI is InChI=1S/C10H11N.C2H6/c1-2-5-9-6-3-4-7-10(9)8-11;1-2/h2-8,11H,1H3;1-2H3/b5-2-,11-8?;. The Hall–Kier alpha value is -1.37. The molecule has 0 radical (unpaired) electrons. The Morgan fingerprint density at radius 1 is 1.08 bits per heavy atom. The predicted octanol–water partition coefficient (Wildman–Crippen LogP) is 3.74. The van der Waals surface area contributed by atoms with Crippen LogP contribution in [0.3, 0.4) is 0 Å². The first kappa shape index (κ1) is 11.6. The van der Waals surface area contributed by atoms with Crippen molar-refractivity contribution in [2.75, 3.05) is 0 Å². The second-order valence-corrected chi connectivity index (χ2v) is 2.27. The van der Waals surface area contributed by atoms with Crippen LogP contribution in [0, 0.1) is 5.41 Å². The van der Waals surface area contributed by atoms with Gasteiger partial charge in [-0.15, -0.1) is 0 Å². The van der Waals surface area contributed by atoms with Crippen LogP contribution < -0.4 is 0 Å². The molecule has 0 heterocycles. The van der Waals surface area contributed by atoms with Gasteiger partial charge in [0, 0.05) is 6.21 Å². The second-order valence-electron chi connectivity index (χ2n) is 2.27. The number of benzene rings is 1. The van der Waals surface area contributed by atoms with Crippen molar-refractivity contribution in [2.45, 2.75) is 20.8 Å². The highest BCUT2D eigenvalue weighted by Crippen LogP contribution is 2.07. The molecule has 0 fully saturated rings. The fourth-order valence-corrected chi connectivity index (χ4v) is 0.974. The van der Waals surface area contributed by atoms with Crippen molar-refractivity contribution < 1.29 is 0 Å². The van der Waals surface area contributed by atoms with Gasteiger partial charge in [-0.25, -0.2) is 0 Å². The summed E-state index contributed by atoms with van der Waals surface area (Å²) in [4.78, 5) is 0. The van der Waals surface area contributed by atoms with E-state index in [-0.39, 0.29) is 0 Å². The van der Waals surface area contributed by atoms with E-state index in [1.54, 1.807) is 0 Å². The molecule has 0 amide bonds. The molecule has 0 aliphatic heterocycles. The van der Waals surface area contributed by atoms with E-state index in [0.717, 1.165) is 11.1 Å². The lowest BCUT2D eigenvalue weighted by molar-refractivity contribution is 1.50. The molecule has 1 nitrogen and oxygen atoms in total. The van der Waals surface area contributed by atoms with Crippen LogP contribution >= 0.6 is 0 Å². The average molecular weight is 175 g/mol. The number of allylic oxidation sites excluding steroid dienone is 1. The molecule has 1 N–H and O–H groups in total. The van der Waals surface area contributed by atoms with E-state index in [9.17, 15) is 0 Å². The first-order valence-corrected chi connectivity index (χ1v) is 4.60. The lowest BCUT2D eigenvalue weighted by atomic mass is 10.1. The van der Waals surface area contributed by atoms with Crippen LogP contribution in [0.2, 0.25) is 0 Å². The number of hydrogen-bond donors (Lipinski definition) is 1. The van der Waals surface area contributed by atoms with Gasteiger partial charge in [0.2, 0.25) is 0 Å². The second kappa shape index (κ2) is 7.29. The summed E-state index contributed by atoms with van der Waals surface area (Å²) in [6.45, 7) is 5.97. The zero-order valence-corrected chi connectivity index (χ0v) is 8.54. The minimum absolute atomic E-state index is 0.964. The van der Waals surface area contributed by atoms with Crippen molar-refractivity contribution in [2.24, 2.45) is 0 Å².